The van der Waals surface area contributed by atoms with E-state index in [1.165, 1.54) is 12.0 Å². The summed E-state index contributed by atoms with van der Waals surface area (Å²) in [6.45, 7) is 4.77. The molecule has 3 fully saturated rings. The molecular formula is C27H34O2. The van der Waals surface area contributed by atoms with E-state index in [-0.39, 0.29) is 16.9 Å². The number of hydrogen-bond donors (Lipinski definition) is 2. The lowest BCUT2D eigenvalue weighted by Gasteiger charge is -2.58. The average Bonchev–Trinajstić information content (AvgIpc) is 2.99. The monoisotopic (exact) mass is 390 g/mol. The van der Waals surface area contributed by atoms with E-state index < -0.39 is 5.60 Å². The van der Waals surface area contributed by atoms with Crippen molar-refractivity contribution in [3.63, 3.8) is 0 Å². The molecule has 0 heterocycles. The third-order valence-electron chi connectivity index (χ3n) is 9.42. The maximum Gasteiger partial charge on any atom is 0.131 e. The molecule has 7 atom stereocenters. The second-order valence-corrected chi connectivity index (χ2v) is 10.6. The molecule has 0 amide bonds. The normalized spacial score (nSPS) is 45.9. The van der Waals surface area contributed by atoms with Gasteiger partial charge in [-0.25, -0.2) is 0 Å². The predicted molar refractivity (Wildman–Crippen MR) is 116 cm³/mol. The Morgan fingerprint density at radius 1 is 0.966 bits per heavy atom. The predicted octanol–water partition coefficient (Wildman–Crippen LogP) is 5.09. The highest BCUT2D eigenvalue weighted by Crippen LogP contribution is 2.67. The van der Waals surface area contributed by atoms with Crippen molar-refractivity contribution in [2.75, 3.05) is 0 Å². The maximum atomic E-state index is 11.7. The maximum absolute atomic E-state index is 11.7. The van der Waals surface area contributed by atoms with E-state index in [1.54, 1.807) is 0 Å². The molecule has 5 rings (SSSR count). The summed E-state index contributed by atoms with van der Waals surface area (Å²) in [6.07, 6.45) is 10.5. The highest BCUT2D eigenvalue weighted by atomic mass is 16.3. The van der Waals surface area contributed by atoms with Crippen LogP contribution in [0.1, 0.15) is 70.8 Å². The van der Waals surface area contributed by atoms with Crippen LogP contribution in [0.25, 0.3) is 0 Å². The molecular weight excluding hydrogens is 356 g/mol. The van der Waals surface area contributed by atoms with Crippen LogP contribution in [-0.4, -0.2) is 21.9 Å². The Bertz CT molecular complexity index is 877. The Morgan fingerprint density at radius 3 is 2.52 bits per heavy atom. The van der Waals surface area contributed by atoms with E-state index in [1.807, 2.05) is 30.3 Å². The summed E-state index contributed by atoms with van der Waals surface area (Å²) < 4.78 is 0. The number of hydrogen-bond acceptors (Lipinski definition) is 2. The second-order valence-electron chi connectivity index (χ2n) is 10.6. The van der Waals surface area contributed by atoms with Crippen LogP contribution < -0.4 is 0 Å². The number of aliphatic hydroxyl groups is 2. The topological polar surface area (TPSA) is 40.5 Å². The van der Waals surface area contributed by atoms with Gasteiger partial charge in [0.25, 0.3) is 0 Å². The van der Waals surface area contributed by atoms with Gasteiger partial charge in [0.1, 0.15) is 5.60 Å². The lowest BCUT2D eigenvalue weighted by molar-refractivity contribution is -0.0970. The van der Waals surface area contributed by atoms with Crippen LogP contribution in [0.15, 0.2) is 42.0 Å². The van der Waals surface area contributed by atoms with E-state index in [0.29, 0.717) is 17.8 Å². The first-order valence-electron chi connectivity index (χ1n) is 11.5. The second kappa shape index (κ2) is 6.73. The lowest BCUT2D eigenvalue weighted by atomic mass is 9.47. The van der Waals surface area contributed by atoms with Crippen LogP contribution in [0.4, 0.5) is 0 Å². The molecule has 0 radical (unpaired) electrons. The van der Waals surface area contributed by atoms with Gasteiger partial charge in [-0.15, -0.1) is 0 Å². The molecule has 4 aliphatic carbocycles. The summed E-state index contributed by atoms with van der Waals surface area (Å²) in [7, 11) is 0. The third kappa shape index (κ3) is 2.85. The van der Waals surface area contributed by atoms with Crippen LogP contribution in [0.3, 0.4) is 0 Å². The molecule has 2 nitrogen and oxygen atoms in total. The smallest absolute Gasteiger partial charge is 0.131 e. The highest BCUT2D eigenvalue weighted by molar-refractivity contribution is 5.38. The van der Waals surface area contributed by atoms with Gasteiger partial charge in [-0.2, -0.15) is 0 Å². The van der Waals surface area contributed by atoms with Gasteiger partial charge in [-0.1, -0.05) is 55.5 Å². The minimum absolute atomic E-state index is 0.119. The number of benzene rings is 1. The molecule has 4 aliphatic rings. The van der Waals surface area contributed by atoms with Crippen LogP contribution in [0.2, 0.25) is 0 Å². The fraction of sp³-hybridized carbons (Fsp3) is 0.630. The SMILES string of the molecule is C[C@]12CC[C@H](O)CC1=CC[C@@H]1[C@@H]2CC[C@@]2(C)[C@H]1CC[C@@]2(O)C#Cc1ccccc1. The van der Waals surface area contributed by atoms with Crippen molar-refractivity contribution in [2.45, 2.75) is 76.9 Å². The number of rotatable bonds is 0. The fourth-order valence-corrected chi connectivity index (χ4v) is 7.56. The molecule has 0 spiro atoms. The molecule has 3 saturated carbocycles. The fourth-order valence-electron chi connectivity index (χ4n) is 7.56. The summed E-state index contributed by atoms with van der Waals surface area (Å²) in [5.74, 6) is 8.49. The van der Waals surface area contributed by atoms with E-state index in [4.69, 9.17) is 0 Å². The van der Waals surface area contributed by atoms with Crippen molar-refractivity contribution in [1.82, 2.24) is 0 Å². The summed E-state index contributed by atoms with van der Waals surface area (Å²) in [5.41, 5.74) is 1.75. The molecule has 154 valence electrons. The molecule has 0 aliphatic heterocycles. The quantitative estimate of drug-likeness (QED) is 0.478. The van der Waals surface area contributed by atoms with Gasteiger partial charge in [-0.3, -0.25) is 0 Å². The van der Waals surface area contributed by atoms with Crippen molar-refractivity contribution in [3.05, 3.63) is 47.5 Å². The van der Waals surface area contributed by atoms with Crippen LogP contribution in [0, 0.1) is 40.4 Å². The minimum Gasteiger partial charge on any atom is -0.393 e. The zero-order valence-corrected chi connectivity index (χ0v) is 17.8. The zero-order valence-electron chi connectivity index (χ0n) is 17.8. The van der Waals surface area contributed by atoms with Crippen LogP contribution in [-0.2, 0) is 0 Å². The molecule has 0 aromatic heterocycles. The number of allylic oxidation sites excluding steroid dienone is 1. The summed E-state index contributed by atoms with van der Waals surface area (Å²) in [6, 6.07) is 10.1. The standard InChI is InChI=1S/C27H34O2/c1-25-14-11-21(28)18-20(25)8-9-22-23(25)12-15-26(2)24(22)13-17-27(26,29)16-10-19-6-4-3-5-7-19/h3-8,21-24,28-29H,9,11-15,17-18H2,1-2H3/t21-,22+,23-,24-,25-,26-,27-/m0/s1. The van der Waals surface area contributed by atoms with E-state index in [9.17, 15) is 10.2 Å². The van der Waals surface area contributed by atoms with Gasteiger partial charge in [-0.05, 0) is 86.7 Å². The van der Waals surface area contributed by atoms with Gasteiger partial charge in [0.15, 0.2) is 0 Å². The van der Waals surface area contributed by atoms with Gasteiger partial charge >= 0.3 is 0 Å². The van der Waals surface area contributed by atoms with E-state index in [0.717, 1.165) is 50.5 Å². The van der Waals surface area contributed by atoms with Crippen LogP contribution in [0.5, 0.6) is 0 Å². The summed E-state index contributed by atoms with van der Waals surface area (Å²) >= 11 is 0. The van der Waals surface area contributed by atoms with E-state index in [2.05, 4.69) is 31.8 Å². The first-order valence-corrected chi connectivity index (χ1v) is 11.5. The zero-order chi connectivity index (χ0) is 20.3. The Morgan fingerprint density at radius 2 is 1.72 bits per heavy atom. The van der Waals surface area contributed by atoms with Crippen molar-refractivity contribution < 1.29 is 10.2 Å². The molecule has 2 heteroatoms. The van der Waals surface area contributed by atoms with Gasteiger partial charge in [0, 0.05) is 11.0 Å². The van der Waals surface area contributed by atoms with Gasteiger partial charge in [0.2, 0.25) is 0 Å². The highest BCUT2D eigenvalue weighted by Gasteiger charge is 2.63. The molecule has 0 bridgehead atoms. The number of fused-ring (bicyclic) bond motifs is 5. The minimum atomic E-state index is -0.883. The van der Waals surface area contributed by atoms with Crippen molar-refractivity contribution in [2.24, 2.45) is 28.6 Å². The molecule has 0 saturated heterocycles. The van der Waals surface area contributed by atoms with E-state index >= 15 is 0 Å². The third-order valence-corrected chi connectivity index (χ3v) is 9.42. The summed E-state index contributed by atoms with van der Waals surface area (Å²) in [5, 5.41) is 21.9. The first kappa shape index (κ1) is 19.4. The number of aliphatic hydroxyl groups excluding tert-OH is 1. The Kier molecular flexibility index (Phi) is 4.50. The first-order chi connectivity index (χ1) is 13.9. The van der Waals surface area contributed by atoms with Crippen LogP contribution >= 0.6 is 0 Å². The average molecular weight is 391 g/mol. The molecule has 0 unspecified atom stereocenters. The Hall–Kier alpha value is -1.56. The van der Waals surface area contributed by atoms with Gasteiger partial charge < -0.3 is 10.2 Å². The molecule has 29 heavy (non-hydrogen) atoms. The lowest BCUT2D eigenvalue weighted by Crippen LogP contribution is -2.54. The molecule has 1 aromatic rings. The van der Waals surface area contributed by atoms with Crippen molar-refractivity contribution in [3.8, 4) is 11.8 Å². The van der Waals surface area contributed by atoms with Gasteiger partial charge in [0.05, 0.1) is 6.10 Å². The molecule has 1 aromatic carbocycles. The largest absolute Gasteiger partial charge is 0.393 e. The van der Waals surface area contributed by atoms with Crippen molar-refractivity contribution >= 4 is 0 Å². The Balaban J connectivity index is 1.45. The van der Waals surface area contributed by atoms with Crippen molar-refractivity contribution in [1.29, 1.82) is 0 Å². The summed E-state index contributed by atoms with van der Waals surface area (Å²) in [4.78, 5) is 0. The molecule has 2 N–H and O–H groups in total. The Labute approximate surface area is 175 Å².